The molecule has 4 heteroatoms. The molecule has 3 aromatic rings. The normalized spacial score (nSPS) is 10.2. The zero-order valence-electron chi connectivity index (χ0n) is 14.3. The van der Waals surface area contributed by atoms with E-state index in [1.165, 1.54) is 0 Å². The van der Waals surface area contributed by atoms with Crippen LogP contribution in [0, 0.1) is 0 Å². The minimum absolute atomic E-state index is 0.0785. The lowest BCUT2D eigenvalue weighted by Gasteiger charge is -2.10. The number of ether oxygens (including phenoxy) is 2. The molecule has 0 fully saturated rings. The molecule has 3 aromatic carbocycles. The Labute approximate surface area is 152 Å². The maximum Gasteiger partial charge on any atom is 0.347 e. The predicted octanol–water partition coefficient (Wildman–Crippen LogP) is 4.54. The lowest BCUT2D eigenvalue weighted by Crippen LogP contribution is -2.11. The van der Waals surface area contributed by atoms with Crippen molar-refractivity contribution >= 4 is 11.8 Å². The molecule has 0 aromatic heterocycles. The average Bonchev–Trinajstić information content (AvgIpc) is 2.69. The van der Waals surface area contributed by atoms with Crippen LogP contribution in [0.3, 0.4) is 0 Å². The third-order valence-electron chi connectivity index (χ3n) is 3.77. The van der Waals surface area contributed by atoms with E-state index in [1.807, 2.05) is 25.1 Å². The summed E-state index contributed by atoms with van der Waals surface area (Å²) in [6.45, 7) is 2.31. The molecular formula is C22H18O4. The van der Waals surface area contributed by atoms with Crippen molar-refractivity contribution in [2.24, 2.45) is 0 Å². The van der Waals surface area contributed by atoms with Gasteiger partial charge in [0.25, 0.3) is 0 Å². The summed E-state index contributed by atoms with van der Waals surface area (Å²) in [6, 6.07) is 22.5. The van der Waals surface area contributed by atoms with Crippen molar-refractivity contribution in [2.75, 3.05) is 6.61 Å². The van der Waals surface area contributed by atoms with Crippen LogP contribution in [0.1, 0.15) is 33.2 Å². The number of carbonyl (C=O) groups is 2. The minimum Gasteiger partial charge on any atom is -0.493 e. The van der Waals surface area contributed by atoms with E-state index in [0.29, 0.717) is 34.8 Å². The van der Waals surface area contributed by atoms with Gasteiger partial charge in [-0.05, 0) is 43.3 Å². The number of para-hydroxylation sites is 1. The van der Waals surface area contributed by atoms with Gasteiger partial charge in [-0.3, -0.25) is 4.79 Å². The maximum atomic E-state index is 12.4. The lowest BCUT2D eigenvalue weighted by molar-refractivity contribution is 0.0730. The Morgan fingerprint density at radius 2 is 1.38 bits per heavy atom. The Kier molecular flexibility index (Phi) is 5.44. The van der Waals surface area contributed by atoms with Gasteiger partial charge in [0.1, 0.15) is 17.1 Å². The standard InChI is InChI=1S/C22H18O4/c1-2-25-20-11-7-6-10-19(20)22(24)26-18-14-12-17(13-15-18)21(23)16-8-4-3-5-9-16/h3-15H,2H2,1H3. The number of esters is 1. The topological polar surface area (TPSA) is 52.6 Å². The molecule has 0 saturated heterocycles. The molecule has 0 bridgehead atoms. The Balaban J connectivity index is 1.74. The van der Waals surface area contributed by atoms with Crippen LogP contribution >= 0.6 is 0 Å². The molecule has 0 N–H and O–H groups in total. The zero-order valence-corrected chi connectivity index (χ0v) is 14.3. The molecule has 0 saturated carbocycles. The Bertz CT molecular complexity index is 899. The molecule has 0 amide bonds. The molecule has 0 unspecified atom stereocenters. The summed E-state index contributed by atoms with van der Waals surface area (Å²) >= 11 is 0. The van der Waals surface area contributed by atoms with Gasteiger partial charge in [-0.25, -0.2) is 4.79 Å². The second-order valence-electron chi connectivity index (χ2n) is 5.54. The van der Waals surface area contributed by atoms with E-state index in [9.17, 15) is 9.59 Å². The summed E-state index contributed by atoms with van der Waals surface area (Å²) in [7, 11) is 0. The SMILES string of the molecule is CCOc1ccccc1C(=O)Oc1ccc(C(=O)c2ccccc2)cc1. The highest BCUT2D eigenvalue weighted by molar-refractivity contribution is 6.09. The van der Waals surface area contributed by atoms with Gasteiger partial charge in [-0.1, -0.05) is 42.5 Å². The number of hydrogen-bond donors (Lipinski definition) is 0. The zero-order chi connectivity index (χ0) is 18.4. The van der Waals surface area contributed by atoms with Gasteiger partial charge in [0.05, 0.1) is 6.61 Å². The Morgan fingerprint density at radius 3 is 2.08 bits per heavy atom. The van der Waals surface area contributed by atoms with Gasteiger partial charge < -0.3 is 9.47 Å². The van der Waals surface area contributed by atoms with Crippen molar-refractivity contribution in [2.45, 2.75) is 6.92 Å². The highest BCUT2D eigenvalue weighted by Gasteiger charge is 2.15. The first-order valence-corrected chi connectivity index (χ1v) is 8.33. The first kappa shape index (κ1) is 17.4. The summed E-state index contributed by atoms with van der Waals surface area (Å²) < 4.78 is 10.8. The molecule has 4 nitrogen and oxygen atoms in total. The fraction of sp³-hybridized carbons (Fsp3) is 0.0909. The molecule has 0 atom stereocenters. The van der Waals surface area contributed by atoms with Crippen molar-refractivity contribution in [3.8, 4) is 11.5 Å². The summed E-state index contributed by atoms with van der Waals surface area (Å²) in [5.41, 5.74) is 1.51. The van der Waals surface area contributed by atoms with Crippen LogP contribution in [-0.2, 0) is 0 Å². The number of ketones is 1. The van der Waals surface area contributed by atoms with E-state index in [-0.39, 0.29) is 5.78 Å². The summed E-state index contributed by atoms with van der Waals surface area (Å²) in [6.07, 6.45) is 0. The average molecular weight is 346 g/mol. The first-order chi connectivity index (χ1) is 12.7. The molecule has 3 rings (SSSR count). The van der Waals surface area contributed by atoms with Crippen LogP contribution in [-0.4, -0.2) is 18.4 Å². The first-order valence-electron chi connectivity index (χ1n) is 8.33. The van der Waals surface area contributed by atoms with E-state index in [0.717, 1.165) is 0 Å². The summed E-state index contributed by atoms with van der Waals surface area (Å²) in [4.78, 5) is 24.8. The van der Waals surface area contributed by atoms with E-state index in [2.05, 4.69) is 0 Å². The van der Waals surface area contributed by atoms with Crippen LogP contribution in [0.2, 0.25) is 0 Å². The molecule has 0 heterocycles. The Hall–Kier alpha value is -3.40. The lowest BCUT2D eigenvalue weighted by atomic mass is 10.0. The van der Waals surface area contributed by atoms with Crippen LogP contribution < -0.4 is 9.47 Å². The van der Waals surface area contributed by atoms with Crippen LogP contribution in [0.25, 0.3) is 0 Å². The highest BCUT2D eigenvalue weighted by atomic mass is 16.5. The van der Waals surface area contributed by atoms with Gasteiger partial charge >= 0.3 is 5.97 Å². The van der Waals surface area contributed by atoms with Crippen molar-refractivity contribution in [1.29, 1.82) is 0 Å². The largest absolute Gasteiger partial charge is 0.493 e. The predicted molar refractivity (Wildman–Crippen MR) is 98.9 cm³/mol. The molecule has 0 aliphatic carbocycles. The van der Waals surface area contributed by atoms with Crippen molar-refractivity contribution in [3.63, 3.8) is 0 Å². The molecule has 0 spiro atoms. The smallest absolute Gasteiger partial charge is 0.347 e. The summed E-state index contributed by atoms with van der Waals surface area (Å²) in [5, 5.41) is 0. The molecule has 0 aliphatic rings. The molecular weight excluding hydrogens is 328 g/mol. The van der Waals surface area contributed by atoms with Crippen LogP contribution in [0.4, 0.5) is 0 Å². The minimum atomic E-state index is -0.504. The molecule has 130 valence electrons. The fourth-order valence-corrected chi connectivity index (χ4v) is 2.51. The third-order valence-corrected chi connectivity index (χ3v) is 3.77. The quantitative estimate of drug-likeness (QED) is 0.374. The number of benzene rings is 3. The fourth-order valence-electron chi connectivity index (χ4n) is 2.51. The highest BCUT2D eigenvalue weighted by Crippen LogP contribution is 2.21. The van der Waals surface area contributed by atoms with Gasteiger partial charge in [0, 0.05) is 11.1 Å². The van der Waals surface area contributed by atoms with Crippen molar-refractivity contribution in [1.82, 2.24) is 0 Å². The second kappa shape index (κ2) is 8.12. The summed E-state index contributed by atoms with van der Waals surface area (Å²) in [5.74, 6) is 0.267. The molecule has 0 aliphatic heterocycles. The molecule has 26 heavy (non-hydrogen) atoms. The number of rotatable bonds is 6. The van der Waals surface area contributed by atoms with E-state index < -0.39 is 5.97 Å². The van der Waals surface area contributed by atoms with E-state index >= 15 is 0 Å². The van der Waals surface area contributed by atoms with Gasteiger partial charge in [0.2, 0.25) is 0 Å². The van der Waals surface area contributed by atoms with Gasteiger partial charge in [-0.15, -0.1) is 0 Å². The molecule has 0 radical (unpaired) electrons. The third kappa shape index (κ3) is 3.98. The van der Waals surface area contributed by atoms with Crippen LogP contribution in [0.15, 0.2) is 78.9 Å². The second-order valence-corrected chi connectivity index (χ2v) is 5.54. The van der Waals surface area contributed by atoms with Crippen molar-refractivity contribution < 1.29 is 19.1 Å². The van der Waals surface area contributed by atoms with E-state index in [1.54, 1.807) is 60.7 Å². The van der Waals surface area contributed by atoms with Gasteiger partial charge in [-0.2, -0.15) is 0 Å². The maximum absolute atomic E-state index is 12.4. The number of carbonyl (C=O) groups excluding carboxylic acids is 2. The van der Waals surface area contributed by atoms with Crippen molar-refractivity contribution in [3.05, 3.63) is 95.6 Å². The monoisotopic (exact) mass is 346 g/mol. The Morgan fingerprint density at radius 1 is 0.769 bits per heavy atom. The number of hydrogen-bond acceptors (Lipinski definition) is 4. The van der Waals surface area contributed by atoms with Crippen LogP contribution in [0.5, 0.6) is 11.5 Å². The van der Waals surface area contributed by atoms with E-state index in [4.69, 9.17) is 9.47 Å². The van der Waals surface area contributed by atoms with Gasteiger partial charge in [0.15, 0.2) is 5.78 Å².